The lowest BCUT2D eigenvalue weighted by Crippen LogP contribution is -2.55. The summed E-state index contributed by atoms with van der Waals surface area (Å²) in [4.78, 5) is 2.01. The predicted octanol–water partition coefficient (Wildman–Crippen LogP) is 2.23. The highest BCUT2D eigenvalue weighted by Gasteiger charge is 2.34. The number of nitrogens with one attached hydrogen (secondary N) is 1. The molecule has 1 saturated heterocycles. The summed E-state index contributed by atoms with van der Waals surface area (Å²) in [5.74, 6) is 0. The maximum Gasteiger partial charge on any atom is 0.203 e. The zero-order chi connectivity index (χ0) is 10.0. The number of hydrogen-bond donors (Lipinski definition) is 1. The third-order valence-corrected chi connectivity index (χ3v) is 2.99. The molecule has 1 fully saturated rings. The van der Waals surface area contributed by atoms with Gasteiger partial charge in [-0.1, -0.05) is 41.4 Å². The Labute approximate surface area is 93.8 Å². The number of hydrogen-bond acceptors (Lipinski definition) is 2. The van der Waals surface area contributed by atoms with E-state index in [1.165, 1.54) is 0 Å². The molecule has 0 atom stereocenters. The molecule has 1 aliphatic rings. The van der Waals surface area contributed by atoms with Crippen LogP contribution in [0.3, 0.4) is 0 Å². The molecule has 4 heteroatoms. The molecule has 2 nitrogen and oxygen atoms in total. The SMILES string of the molecule is ClC1(Cl)CNCCN1c1ccccc1. The molecule has 1 aromatic rings. The normalized spacial score (nSPS) is 20.9. The number of anilines is 1. The number of alkyl halides is 2. The second-order valence-corrected chi connectivity index (χ2v) is 4.77. The summed E-state index contributed by atoms with van der Waals surface area (Å²) in [5, 5.41) is 3.17. The van der Waals surface area contributed by atoms with Gasteiger partial charge in [-0.15, -0.1) is 0 Å². The first-order valence-corrected chi connectivity index (χ1v) is 5.37. The summed E-state index contributed by atoms with van der Waals surface area (Å²) >= 11 is 12.4. The molecule has 0 unspecified atom stereocenters. The fraction of sp³-hybridized carbons (Fsp3) is 0.400. The van der Waals surface area contributed by atoms with E-state index < -0.39 is 4.46 Å². The molecule has 14 heavy (non-hydrogen) atoms. The third-order valence-electron chi connectivity index (χ3n) is 2.31. The molecule has 0 aliphatic carbocycles. The molecule has 1 heterocycles. The zero-order valence-corrected chi connectivity index (χ0v) is 9.22. The van der Waals surface area contributed by atoms with E-state index in [9.17, 15) is 0 Å². The van der Waals surface area contributed by atoms with Gasteiger partial charge in [-0.25, -0.2) is 0 Å². The first kappa shape index (κ1) is 10.1. The van der Waals surface area contributed by atoms with E-state index in [-0.39, 0.29) is 0 Å². The first-order chi connectivity index (χ1) is 6.70. The Morgan fingerprint density at radius 3 is 2.57 bits per heavy atom. The van der Waals surface area contributed by atoms with Gasteiger partial charge in [0.1, 0.15) is 0 Å². The first-order valence-electron chi connectivity index (χ1n) is 4.61. The van der Waals surface area contributed by atoms with Crippen LogP contribution >= 0.6 is 23.2 Å². The van der Waals surface area contributed by atoms with Crippen LogP contribution in [0.25, 0.3) is 0 Å². The van der Waals surface area contributed by atoms with Gasteiger partial charge in [-0.3, -0.25) is 0 Å². The zero-order valence-electron chi connectivity index (χ0n) is 7.71. The van der Waals surface area contributed by atoms with Crippen molar-refractivity contribution >= 4 is 28.9 Å². The summed E-state index contributed by atoms with van der Waals surface area (Å²) in [5.41, 5.74) is 1.07. The fourth-order valence-electron chi connectivity index (χ4n) is 1.61. The van der Waals surface area contributed by atoms with Crippen molar-refractivity contribution in [2.75, 3.05) is 24.5 Å². The van der Waals surface area contributed by atoms with Crippen LogP contribution in [0.2, 0.25) is 0 Å². The summed E-state index contributed by atoms with van der Waals surface area (Å²) < 4.78 is -0.834. The molecule has 1 N–H and O–H groups in total. The smallest absolute Gasteiger partial charge is 0.203 e. The lowest BCUT2D eigenvalue weighted by atomic mass is 10.2. The Morgan fingerprint density at radius 1 is 1.21 bits per heavy atom. The van der Waals surface area contributed by atoms with Crippen molar-refractivity contribution in [1.82, 2.24) is 5.32 Å². The van der Waals surface area contributed by atoms with E-state index in [0.717, 1.165) is 18.8 Å². The van der Waals surface area contributed by atoms with E-state index in [4.69, 9.17) is 23.2 Å². The minimum atomic E-state index is -0.834. The van der Waals surface area contributed by atoms with Crippen LogP contribution in [0.15, 0.2) is 30.3 Å². The monoisotopic (exact) mass is 230 g/mol. The van der Waals surface area contributed by atoms with E-state index >= 15 is 0 Å². The Kier molecular flexibility index (Phi) is 2.86. The summed E-state index contributed by atoms with van der Waals surface area (Å²) in [6.07, 6.45) is 0. The van der Waals surface area contributed by atoms with Gasteiger partial charge in [-0.05, 0) is 12.1 Å². The van der Waals surface area contributed by atoms with Crippen LogP contribution in [0.5, 0.6) is 0 Å². The fourth-order valence-corrected chi connectivity index (χ4v) is 2.17. The average molecular weight is 231 g/mol. The molecular weight excluding hydrogens is 219 g/mol. The second-order valence-electron chi connectivity index (χ2n) is 3.33. The quantitative estimate of drug-likeness (QED) is 0.589. The number of benzene rings is 1. The maximum absolute atomic E-state index is 6.20. The molecule has 1 aliphatic heterocycles. The minimum Gasteiger partial charge on any atom is -0.338 e. The molecule has 0 aromatic heterocycles. The highest BCUT2D eigenvalue weighted by Crippen LogP contribution is 2.32. The van der Waals surface area contributed by atoms with Gasteiger partial charge < -0.3 is 10.2 Å². The summed E-state index contributed by atoms with van der Waals surface area (Å²) in [7, 11) is 0. The highest BCUT2D eigenvalue weighted by atomic mass is 35.5. The number of nitrogens with zero attached hydrogens (tertiary/aromatic N) is 1. The molecule has 2 rings (SSSR count). The minimum absolute atomic E-state index is 0.588. The van der Waals surface area contributed by atoms with Gasteiger partial charge in [0.05, 0.1) is 0 Å². The molecule has 0 radical (unpaired) electrons. The van der Waals surface area contributed by atoms with Crippen molar-refractivity contribution in [3.8, 4) is 0 Å². The third kappa shape index (κ3) is 1.97. The molecule has 0 amide bonds. The van der Waals surface area contributed by atoms with Gasteiger partial charge >= 0.3 is 0 Å². The van der Waals surface area contributed by atoms with Gasteiger partial charge in [0.15, 0.2) is 0 Å². The van der Waals surface area contributed by atoms with Crippen molar-refractivity contribution in [2.45, 2.75) is 4.46 Å². The van der Waals surface area contributed by atoms with Crippen molar-refractivity contribution in [2.24, 2.45) is 0 Å². The van der Waals surface area contributed by atoms with Crippen molar-refractivity contribution in [1.29, 1.82) is 0 Å². The van der Waals surface area contributed by atoms with Gasteiger partial charge in [0, 0.05) is 25.3 Å². The van der Waals surface area contributed by atoms with E-state index in [0.29, 0.717) is 6.54 Å². The lowest BCUT2D eigenvalue weighted by Gasteiger charge is -2.40. The van der Waals surface area contributed by atoms with Crippen molar-refractivity contribution in [3.63, 3.8) is 0 Å². The van der Waals surface area contributed by atoms with Crippen LogP contribution in [-0.2, 0) is 0 Å². The van der Waals surface area contributed by atoms with Crippen LogP contribution < -0.4 is 10.2 Å². The standard InChI is InChI=1S/C10H12Cl2N2/c11-10(12)8-13-6-7-14(10)9-4-2-1-3-5-9/h1-5,13H,6-8H2. The molecule has 76 valence electrons. The van der Waals surface area contributed by atoms with Gasteiger partial charge in [0.2, 0.25) is 4.46 Å². The molecule has 0 saturated carbocycles. The van der Waals surface area contributed by atoms with Crippen LogP contribution in [0.1, 0.15) is 0 Å². The summed E-state index contributed by atoms with van der Waals surface area (Å²) in [6.45, 7) is 2.33. The van der Waals surface area contributed by atoms with Crippen LogP contribution in [0.4, 0.5) is 5.69 Å². The van der Waals surface area contributed by atoms with Gasteiger partial charge in [-0.2, -0.15) is 0 Å². The molecule has 1 aromatic carbocycles. The number of halogens is 2. The Bertz CT molecular complexity index is 300. The number of para-hydroxylation sites is 1. The number of rotatable bonds is 1. The van der Waals surface area contributed by atoms with Crippen LogP contribution in [-0.4, -0.2) is 24.1 Å². The largest absolute Gasteiger partial charge is 0.338 e. The van der Waals surface area contributed by atoms with Crippen molar-refractivity contribution < 1.29 is 0 Å². The molecule has 0 spiro atoms. The topological polar surface area (TPSA) is 15.3 Å². The van der Waals surface area contributed by atoms with Gasteiger partial charge in [0.25, 0.3) is 0 Å². The Hall–Kier alpha value is -0.440. The van der Waals surface area contributed by atoms with Crippen LogP contribution in [0, 0.1) is 0 Å². The summed E-state index contributed by atoms with van der Waals surface area (Å²) in [6, 6.07) is 9.99. The number of piperazine rings is 1. The van der Waals surface area contributed by atoms with E-state index in [1.54, 1.807) is 0 Å². The Balaban J connectivity index is 2.24. The maximum atomic E-state index is 6.20. The lowest BCUT2D eigenvalue weighted by molar-refractivity contribution is 0.526. The average Bonchev–Trinajstić information content (AvgIpc) is 2.18. The predicted molar refractivity (Wildman–Crippen MR) is 61.1 cm³/mol. The second kappa shape index (κ2) is 3.97. The Morgan fingerprint density at radius 2 is 1.93 bits per heavy atom. The molecule has 0 bridgehead atoms. The highest BCUT2D eigenvalue weighted by molar-refractivity contribution is 6.50. The van der Waals surface area contributed by atoms with Crippen molar-refractivity contribution in [3.05, 3.63) is 30.3 Å². The van der Waals surface area contributed by atoms with E-state index in [1.807, 2.05) is 35.2 Å². The van der Waals surface area contributed by atoms with E-state index in [2.05, 4.69) is 5.32 Å². The molecular formula is C10H12Cl2N2.